The third kappa shape index (κ3) is 2.71. The van der Waals surface area contributed by atoms with Crippen molar-refractivity contribution in [3.8, 4) is 0 Å². The van der Waals surface area contributed by atoms with E-state index in [1.54, 1.807) is 0 Å². The Morgan fingerprint density at radius 1 is 1.05 bits per heavy atom. The maximum atomic E-state index is 10.7. The monoisotopic (exact) mass is 341 g/mol. The Kier molecular flexibility index (Phi) is 3.79. The number of rotatable bonds is 2. The molecule has 1 N–H and O–H groups in total. The standard InChI is InChI=1S/C18H16BrNO/c1-11-6-7-13-10-14(8-9-17(13)20-11)18(21)15-4-3-5-16(19)12(15)2/h3-10,18,21H,1-2H3. The number of aliphatic hydroxyl groups is 1. The highest BCUT2D eigenvalue weighted by atomic mass is 79.9. The fraction of sp³-hybridized carbons (Fsp3) is 0.167. The molecule has 1 aromatic heterocycles. The molecule has 0 amide bonds. The number of halogens is 1. The first-order chi connectivity index (χ1) is 10.1. The third-order valence-corrected chi connectivity index (χ3v) is 4.63. The van der Waals surface area contributed by atoms with Gasteiger partial charge in [-0.2, -0.15) is 0 Å². The Morgan fingerprint density at radius 2 is 1.86 bits per heavy atom. The zero-order valence-corrected chi connectivity index (χ0v) is 13.6. The molecule has 0 bridgehead atoms. The second-order valence-corrected chi connectivity index (χ2v) is 6.12. The zero-order valence-electron chi connectivity index (χ0n) is 12.0. The number of hydrogen-bond acceptors (Lipinski definition) is 2. The van der Waals surface area contributed by atoms with Crippen molar-refractivity contribution in [1.29, 1.82) is 0 Å². The summed E-state index contributed by atoms with van der Waals surface area (Å²) in [5.41, 5.74) is 4.82. The summed E-state index contributed by atoms with van der Waals surface area (Å²) in [4.78, 5) is 4.49. The second-order valence-electron chi connectivity index (χ2n) is 5.26. The van der Waals surface area contributed by atoms with Gasteiger partial charge in [-0.1, -0.05) is 40.2 Å². The van der Waals surface area contributed by atoms with Crippen molar-refractivity contribution in [1.82, 2.24) is 4.98 Å². The van der Waals surface area contributed by atoms with E-state index in [1.165, 1.54) is 0 Å². The predicted octanol–water partition coefficient (Wildman–Crippen LogP) is 4.70. The van der Waals surface area contributed by atoms with Gasteiger partial charge in [0.2, 0.25) is 0 Å². The van der Waals surface area contributed by atoms with Crippen molar-refractivity contribution >= 4 is 26.8 Å². The molecule has 1 unspecified atom stereocenters. The van der Waals surface area contributed by atoms with Gasteiger partial charge < -0.3 is 5.11 Å². The minimum atomic E-state index is -0.631. The summed E-state index contributed by atoms with van der Waals surface area (Å²) >= 11 is 3.51. The van der Waals surface area contributed by atoms with Gasteiger partial charge in [-0.15, -0.1) is 0 Å². The number of nitrogens with zero attached hydrogens (tertiary/aromatic N) is 1. The van der Waals surface area contributed by atoms with Crippen LogP contribution in [0.1, 0.15) is 28.5 Å². The first-order valence-corrected chi connectivity index (χ1v) is 7.66. The number of fused-ring (bicyclic) bond motifs is 1. The lowest BCUT2D eigenvalue weighted by Crippen LogP contribution is -2.02. The lowest BCUT2D eigenvalue weighted by Gasteiger charge is -2.15. The van der Waals surface area contributed by atoms with Crippen molar-refractivity contribution in [2.45, 2.75) is 20.0 Å². The molecule has 2 aromatic carbocycles. The van der Waals surface area contributed by atoms with Gasteiger partial charge >= 0.3 is 0 Å². The summed E-state index contributed by atoms with van der Waals surface area (Å²) in [6, 6.07) is 15.8. The summed E-state index contributed by atoms with van der Waals surface area (Å²) in [5, 5.41) is 11.7. The number of aliphatic hydroxyl groups excluding tert-OH is 1. The van der Waals surface area contributed by atoms with Crippen LogP contribution in [0, 0.1) is 13.8 Å². The molecule has 0 radical (unpaired) electrons. The molecule has 106 valence electrons. The summed E-state index contributed by atoms with van der Waals surface area (Å²) in [6.07, 6.45) is -0.631. The Balaban J connectivity index is 2.07. The molecule has 1 heterocycles. The van der Waals surface area contributed by atoms with Crippen LogP contribution < -0.4 is 0 Å². The zero-order chi connectivity index (χ0) is 15.0. The highest BCUT2D eigenvalue weighted by Gasteiger charge is 2.14. The lowest BCUT2D eigenvalue weighted by atomic mass is 9.96. The Morgan fingerprint density at radius 3 is 2.67 bits per heavy atom. The minimum Gasteiger partial charge on any atom is -0.384 e. The first kappa shape index (κ1) is 14.2. The first-order valence-electron chi connectivity index (χ1n) is 6.86. The Bertz CT molecular complexity index is 813. The molecule has 0 aliphatic heterocycles. The second kappa shape index (κ2) is 5.58. The minimum absolute atomic E-state index is 0.631. The van der Waals surface area contributed by atoms with E-state index in [4.69, 9.17) is 0 Å². The molecule has 0 spiro atoms. The van der Waals surface area contributed by atoms with E-state index in [-0.39, 0.29) is 0 Å². The van der Waals surface area contributed by atoms with Crippen LogP contribution in [0.2, 0.25) is 0 Å². The number of benzene rings is 2. The third-order valence-electron chi connectivity index (χ3n) is 3.77. The normalized spacial score (nSPS) is 12.6. The highest BCUT2D eigenvalue weighted by molar-refractivity contribution is 9.10. The quantitative estimate of drug-likeness (QED) is 0.733. The molecule has 3 heteroatoms. The number of aryl methyl sites for hydroxylation is 1. The average Bonchev–Trinajstić information content (AvgIpc) is 2.49. The van der Waals surface area contributed by atoms with Gasteiger partial charge in [-0.25, -0.2) is 0 Å². The lowest BCUT2D eigenvalue weighted by molar-refractivity contribution is 0.219. The number of hydrogen-bond donors (Lipinski definition) is 1. The van der Waals surface area contributed by atoms with Crippen LogP contribution in [0.4, 0.5) is 0 Å². The van der Waals surface area contributed by atoms with Gasteiger partial charge in [0.05, 0.1) is 5.52 Å². The molecule has 21 heavy (non-hydrogen) atoms. The topological polar surface area (TPSA) is 33.1 Å². The average molecular weight is 342 g/mol. The van der Waals surface area contributed by atoms with Gasteiger partial charge in [0.25, 0.3) is 0 Å². The van der Waals surface area contributed by atoms with E-state index in [2.05, 4.69) is 20.9 Å². The van der Waals surface area contributed by atoms with Gasteiger partial charge in [-0.05, 0) is 54.8 Å². The van der Waals surface area contributed by atoms with Gasteiger partial charge in [-0.3, -0.25) is 4.98 Å². The summed E-state index contributed by atoms with van der Waals surface area (Å²) in [6.45, 7) is 3.99. The summed E-state index contributed by atoms with van der Waals surface area (Å²) in [7, 11) is 0. The van der Waals surface area contributed by atoms with E-state index in [9.17, 15) is 5.11 Å². The van der Waals surface area contributed by atoms with Crippen LogP contribution in [0.15, 0.2) is 53.0 Å². The van der Waals surface area contributed by atoms with Crippen LogP contribution in [0.3, 0.4) is 0 Å². The van der Waals surface area contributed by atoms with E-state index in [0.717, 1.165) is 37.8 Å². The van der Waals surface area contributed by atoms with Crippen molar-refractivity contribution in [3.63, 3.8) is 0 Å². The van der Waals surface area contributed by atoms with Crippen molar-refractivity contribution in [2.75, 3.05) is 0 Å². The van der Waals surface area contributed by atoms with Crippen molar-refractivity contribution < 1.29 is 5.11 Å². The largest absolute Gasteiger partial charge is 0.384 e. The molecular weight excluding hydrogens is 326 g/mol. The fourth-order valence-corrected chi connectivity index (χ4v) is 2.90. The number of pyridine rings is 1. The van der Waals surface area contributed by atoms with Gasteiger partial charge in [0.1, 0.15) is 6.10 Å². The number of aromatic nitrogens is 1. The van der Waals surface area contributed by atoms with Crippen molar-refractivity contribution in [3.05, 3.63) is 75.4 Å². The van der Waals surface area contributed by atoms with Gasteiger partial charge in [0.15, 0.2) is 0 Å². The van der Waals surface area contributed by atoms with E-state index < -0.39 is 6.10 Å². The highest BCUT2D eigenvalue weighted by Crippen LogP contribution is 2.30. The van der Waals surface area contributed by atoms with E-state index in [0.29, 0.717) is 0 Å². The molecule has 2 nitrogen and oxygen atoms in total. The van der Waals surface area contributed by atoms with Crippen molar-refractivity contribution in [2.24, 2.45) is 0 Å². The molecule has 0 fully saturated rings. The van der Waals surface area contributed by atoms with Gasteiger partial charge in [0, 0.05) is 15.6 Å². The van der Waals surface area contributed by atoms with Crippen LogP contribution >= 0.6 is 15.9 Å². The SMILES string of the molecule is Cc1ccc2cc(C(O)c3cccc(Br)c3C)ccc2n1. The molecule has 1 atom stereocenters. The van der Waals surface area contributed by atoms with Crippen LogP contribution in [0.5, 0.6) is 0 Å². The predicted molar refractivity (Wildman–Crippen MR) is 89.4 cm³/mol. The molecule has 0 saturated carbocycles. The van der Waals surface area contributed by atoms with E-state index in [1.807, 2.05) is 62.4 Å². The molecular formula is C18H16BrNO. The fourth-order valence-electron chi connectivity index (χ4n) is 2.52. The molecule has 0 aliphatic carbocycles. The molecule has 3 aromatic rings. The van der Waals surface area contributed by atoms with Crippen LogP contribution in [0.25, 0.3) is 10.9 Å². The Labute approximate surface area is 132 Å². The molecule has 0 aliphatic rings. The summed E-state index contributed by atoms with van der Waals surface area (Å²) in [5.74, 6) is 0. The maximum absolute atomic E-state index is 10.7. The maximum Gasteiger partial charge on any atom is 0.104 e. The Hall–Kier alpha value is -1.71. The molecule has 3 rings (SSSR count). The van der Waals surface area contributed by atoms with E-state index >= 15 is 0 Å². The van der Waals surface area contributed by atoms with Crippen LogP contribution in [-0.4, -0.2) is 10.1 Å². The molecule has 0 saturated heterocycles. The van der Waals surface area contributed by atoms with Crippen LogP contribution in [-0.2, 0) is 0 Å². The smallest absolute Gasteiger partial charge is 0.104 e. The summed E-state index contributed by atoms with van der Waals surface area (Å²) < 4.78 is 1.01.